The second-order valence-electron chi connectivity index (χ2n) is 11.4. The highest BCUT2D eigenvalue weighted by atomic mass is 35.5. The van der Waals surface area contributed by atoms with E-state index in [1.165, 1.54) is 0 Å². The number of amides is 3. The van der Waals surface area contributed by atoms with Crippen LogP contribution >= 0.6 is 11.6 Å². The summed E-state index contributed by atoms with van der Waals surface area (Å²) in [5.74, 6) is -4.74. The number of carbonyl (C=O) groups is 6. The van der Waals surface area contributed by atoms with Crippen LogP contribution in [0.4, 0.5) is 0 Å². The third-order valence-electron chi connectivity index (χ3n) is 7.68. The van der Waals surface area contributed by atoms with Gasteiger partial charge in [0.1, 0.15) is 18.1 Å². The standard InChI is InChI=1S/C36H39ClN4O9/c1-4-49-32(43)19-29(35(46)41-30(36(47)48-3)20-33(44)50-5-2)40-34(45)28(15-21-10-11-22-8-6-7-9-23(22)14-21)39-31(42)18-26-17-24-16-25(37)12-13-27(24)38-26/h6-14,16-17,28-30,38H,4-5,15,18-20H2,1-3H3,(H,39,42)(H,40,45)(H,41,46)/t28-,29-,30-/m1/s1. The average Bonchev–Trinajstić information content (AvgIpc) is 3.48. The van der Waals surface area contributed by atoms with Crippen LogP contribution in [0.5, 0.6) is 0 Å². The molecule has 0 unspecified atom stereocenters. The summed E-state index contributed by atoms with van der Waals surface area (Å²) in [6.45, 7) is 3.21. The van der Waals surface area contributed by atoms with Gasteiger partial charge in [-0.3, -0.25) is 24.0 Å². The number of aromatic nitrogens is 1. The first-order valence-corrected chi connectivity index (χ1v) is 16.4. The lowest BCUT2D eigenvalue weighted by Gasteiger charge is -2.24. The van der Waals surface area contributed by atoms with Gasteiger partial charge in [-0.05, 0) is 54.4 Å². The Labute approximate surface area is 293 Å². The van der Waals surface area contributed by atoms with Gasteiger partial charge in [-0.2, -0.15) is 0 Å². The maximum absolute atomic E-state index is 13.9. The minimum absolute atomic E-state index is 0.00929. The molecule has 13 nitrogen and oxygen atoms in total. The fourth-order valence-corrected chi connectivity index (χ4v) is 5.53. The van der Waals surface area contributed by atoms with E-state index >= 15 is 0 Å². The SMILES string of the molecule is CCOC(=O)C[C@@H](NC(=O)[C@@H](Cc1ccc2ccccc2c1)NC(=O)Cc1cc2cc(Cl)ccc2[nH]1)C(=O)N[C@H](CC(=O)OCC)C(=O)OC. The van der Waals surface area contributed by atoms with Crippen LogP contribution in [0, 0.1) is 0 Å². The number of aromatic amines is 1. The molecule has 0 aliphatic rings. The van der Waals surface area contributed by atoms with Crippen molar-refractivity contribution in [1.29, 1.82) is 0 Å². The number of nitrogens with one attached hydrogen (secondary N) is 4. The fourth-order valence-electron chi connectivity index (χ4n) is 5.35. The zero-order valence-corrected chi connectivity index (χ0v) is 28.6. The van der Waals surface area contributed by atoms with Gasteiger partial charge >= 0.3 is 17.9 Å². The smallest absolute Gasteiger partial charge is 0.328 e. The number of halogens is 1. The first kappa shape index (κ1) is 37.4. The molecule has 0 bridgehead atoms. The summed E-state index contributed by atoms with van der Waals surface area (Å²) in [6, 6.07) is 16.1. The predicted octanol–water partition coefficient (Wildman–Crippen LogP) is 3.29. The molecule has 0 spiro atoms. The topological polar surface area (TPSA) is 182 Å². The number of methoxy groups -OCH3 is 1. The molecule has 4 N–H and O–H groups in total. The molecule has 0 aliphatic heterocycles. The van der Waals surface area contributed by atoms with Gasteiger partial charge < -0.3 is 35.1 Å². The molecule has 1 aromatic heterocycles. The zero-order valence-electron chi connectivity index (χ0n) is 27.9. The summed E-state index contributed by atoms with van der Waals surface area (Å²) in [4.78, 5) is 81.1. The van der Waals surface area contributed by atoms with Crippen molar-refractivity contribution in [2.24, 2.45) is 0 Å². The Bertz CT molecular complexity index is 1870. The Morgan fingerprint density at radius 3 is 2.04 bits per heavy atom. The van der Waals surface area contributed by atoms with E-state index < -0.39 is 66.6 Å². The summed E-state index contributed by atoms with van der Waals surface area (Å²) < 4.78 is 14.6. The number of carbonyl (C=O) groups excluding carboxylic acids is 6. The lowest BCUT2D eigenvalue weighted by atomic mass is 10.0. The highest BCUT2D eigenvalue weighted by Gasteiger charge is 2.33. The number of hydrogen-bond acceptors (Lipinski definition) is 9. The normalized spacial score (nSPS) is 12.7. The van der Waals surface area contributed by atoms with Crippen LogP contribution in [0.25, 0.3) is 21.7 Å². The molecule has 14 heteroatoms. The van der Waals surface area contributed by atoms with Crippen LogP contribution in [0.15, 0.2) is 66.7 Å². The number of fused-ring (bicyclic) bond motifs is 2. The minimum atomic E-state index is -1.55. The van der Waals surface area contributed by atoms with E-state index in [0.29, 0.717) is 10.7 Å². The van der Waals surface area contributed by atoms with Gasteiger partial charge in [0.25, 0.3) is 0 Å². The molecule has 1 heterocycles. The highest BCUT2D eigenvalue weighted by molar-refractivity contribution is 6.31. The molecule has 0 fully saturated rings. The summed E-state index contributed by atoms with van der Waals surface area (Å²) in [7, 11) is 1.08. The molecule has 3 aromatic carbocycles. The van der Waals surface area contributed by atoms with Gasteiger partial charge in [0.05, 0.1) is 39.6 Å². The molecule has 0 aliphatic carbocycles. The Morgan fingerprint density at radius 2 is 1.36 bits per heavy atom. The lowest BCUT2D eigenvalue weighted by molar-refractivity contribution is -0.152. The fraction of sp³-hybridized carbons (Fsp3) is 0.333. The molecule has 0 saturated heterocycles. The van der Waals surface area contributed by atoms with Crippen LogP contribution in [0.2, 0.25) is 5.02 Å². The number of hydrogen-bond donors (Lipinski definition) is 4. The van der Waals surface area contributed by atoms with Gasteiger partial charge in [0.15, 0.2) is 0 Å². The van der Waals surface area contributed by atoms with E-state index in [4.69, 9.17) is 25.8 Å². The van der Waals surface area contributed by atoms with E-state index in [-0.39, 0.29) is 26.1 Å². The number of esters is 3. The summed E-state index contributed by atoms with van der Waals surface area (Å²) in [5, 5.41) is 10.9. The first-order valence-electron chi connectivity index (χ1n) is 16.0. The molecule has 50 heavy (non-hydrogen) atoms. The molecule has 0 radical (unpaired) electrons. The predicted molar refractivity (Wildman–Crippen MR) is 185 cm³/mol. The molecular formula is C36H39ClN4O9. The van der Waals surface area contributed by atoms with Crippen molar-refractivity contribution < 1.29 is 43.0 Å². The van der Waals surface area contributed by atoms with Crippen LogP contribution in [-0.4, -0.2) is 79.1 Å². The Kier molecular flexibility index (Phi) is 13.3. The van der Waals surface area contributed by atoms with Crippen LogP contribution in [0.1, 0.15) is 37.9 Å². The molecule has 0 saturated carbocycles. The number of rotatable bonds is 16. The molecule has 3 atom stereocenters. The van der Waals surface area contributed by atoms with E-state index in [9.17, 15) is 28.8 Å². The van der Waals surface area contributed by atoms with E-state index in [1.54, 1.807) is 38.1 Å². The maximum atomic E-state index is 13.9. The third kappa shape index (κ3) is 10.5. The molecule has 4 aromatic rings. The molecule has 3 amide bonds. The first-order chi connectivity index (χ1) is 24.0. The van der Waals surface area contributed by atoms with Gasteiger partial charge in [0.2, 0.25) is 17.7 Å². The van der Waals surface area contributed by atoms with E-state index in [0.717, 1.165) is 34.3 Å². The number of ether oxygens (including phenoxy) is 3. The summed E-state index contributed by atoms with van der Waals surface area (Å²) in [6.07, 6.45) is -1.22. The van der Waals surface area contributed by atoms with Crippen LogP contribution in [-0.2, 0) is 55.8 Å². The Hall–Kier alpha value is -5.43. The average molecular weight is 707 g/mol. The maximum Gasteiger partial charge on any atom is 0.328 e. The Morgan fingerprint density at radius 1 is 0.720 bits per heavy atom. The number of H-pyrrole nitrogens is 1. The highest BCUT2D eigenvalue weighted by Crippen LogP contribution is 2.21. The Balaban J connectivity index is 1.59. The monoisotopic (exact) mass is 706 g/mol. The second-order valence-corrected chi connectivity index (χ2v) is 11.8. The van der Waals surface area contributed by atoms with E-state index in [2.05, 4.69) is 20.9 Å². The van der Waals surface area contributed by atoms with Gasteiger partial charge in [0, 0.05) is 28.0 Å². The van der Waals surface area contributed by atoms with E-state index in [1.807, 2.05) is 42.5 Å². The van der Waals surface area contributed by atoms with Crippen molar-refractivity contribution in [3.63, 3.8) is 0 Å². The summed E-state index contributed by atoms with van der Waals surface area (Å²) >= 11 is 6.11. The lowest BCUT2D eigenvalue weighted by Crippen LogP contribution is -2.57. The van der Waals surface area contributed by atoms with Crippen LogP contribution in [0.3, 0.4) is 0 Å². The quantitative estimate of drug-likeness (QED) is 0.100. The summed E-state index contributed by atoms with van der Waals surface area (Å²) in [5.41, 5.74) is 2.08. The van der Waals surface area contributed by atoms with Crippen molar-refractivity contribution in [2.45, 2.75) is 57.7 Å². The van der Waals surface area contributed by atoms with Crippen molar-refractivity contribution in [3.05, 3.63) is 83.0 Å². The van der Waals surface area contributed by atoms with Crippen molar-refractivity contribution in [3.8, 4) is 0 Å². The van der Waals surface area contributed by atoms with Gasteiger partial charge in [-0.25, -0.2) is 4.79 Å². The molecule has 4 rings (SSSR count). The zero-order chi connectivity index (χ0) is 36.2. The minimum Gasteiger partial charge on any atom is -0.467 e. The van der Waals surface area contributed by atoms with Crippen molar-refractivity contribution in [2.75, 3.05) is 20.3 Å². The number of benzene rings is 3. The largest absolute Gasteiger partial charge is 0.467 e. The third-order valence-corrected chi connectivity index (χ3v) is 7.92. The van der Waals surface area contributed by atoms with Crippen LogP contribution < -0.4 is 16.0 Å². The van der Waals surface area contributed by atoms with Gasteiger partial charge in [-0.1, -0.05) is 54.1 Å². The van der Waals surface area contributed by atoms with Gasteiger partial charge in [-0.15, -0.1) is 0 Å². The molecule has 264 valence electrons. The second kappa shape index (κ2) is 17.8. The van der Waals surface area contributed by atoms with Crippen molar-refractivity contribution >= 4 is 68.9 Å². The molecular weight excluding hydrogens is 668 g/mol. The van der Waals surface area contributed by atoms with Crippen molar-refractivity contribution in [1.82, 2.24) is 20.9 Å².